The van der Waals surface area contributed by atoms with Gasteiger partial charge >= 0.3 is 0 Å². The molecule has 0 saturated heterocycles. The molecule has 1 aromatic carbocycles. The van der Waals surface area contributed by atoms with Gasteiger partial charge in [-0.15, -0.1) is 0 Å². The van der Waals surface area contributed by atoms with Crippen LogP contribution in [0.25, 0.3) is 0 Å². The molecule has 1 aromatic heterocycles. The Balaban J connectivity index is 2.12. The van der Waals surface area contributed by atoms with Gasteiger partial charge in [-0.3, -0.25) is 4.68 Å². The van der Waals surface area contributed by atoms with Crippen molar-refractivity contribution in [2.24, 2.45) is 0 Å². The molecule has 0 atom stereocenters. The summed E-state index contributed by atoms with van der Waals surface area (Å²) in [5.74, 6) is 0.879. The van der Waals surface area contributed by atoms with E-state index in [0.29, 0.717) is 6.61 Å². The summed E-state index contributed by atoms with van der Waals surface area (Å²) in [5.41, 5.74) is 2.08. The summed E-state index contributed by atoms with van der Waals surface area (Å²) in [6, 6.07) is 8.03. The minimum absolute atomic E-state index is 0.524. The van der Waals surface area contributed by atoms with Crippen LogP contribution in [0.4, 0.5) is 0 Å². The Bertz CT molecular complexity index is 537. The normalized spacial score (nSPS) is 10.7. The lowest BCUT2D eigenvalue weighted by Crippen LogP contribution is -2.06. The van der Waals surface area contributed by atoms with Gasteiger partial charge in [0.05, 0.1) is 15.9 Å². The Labute approximate surface area is 129 Å². The molecule has 0 aliphatic rings. The van der Waals surface area contributed by atoms with Crippen molar-refractivity contribution in [1.82, 2.24) is 9.78 Å². The van der Waals surface area contributed by atoms with Gasteiger partial charge in [0.25, 0.3) is 0 Å². The summed E-state index contributed by atoms with van der Waals surface area (Å²) in [5, 5.41) is 4.44. The molecule has 0 amide bonds. The first kappa shape index (κ1) is 13.9. The topological polar surface area (TPSA) is 27.1 Å². The maximum Gasteiger partial charge on any atom is 0.131 e. The minimum atomic E-state index is 0.524. The molecule has 0 spiro atoms. The van der Waals surface area contributed by atoms with Crippen LogP contribution in [-0.4, -0.2) is 9.78 Å². The molecule has 5 heteroatoms. The number of nitrogens with zero attached hydrogens (tertiary/aromatic N) is 2. The highest BCUT2D eigenvalue weighted by atomic mass is 127. The van der Waals surface area contributed by atoms with Crippen molar-refractivity contribution in [3.05, 3.63) is 43.7 Å². The molecule has 96 valence electrons. The quantitative estimate of drug-likeness (QED) is 0.694. The van der Waals surface area contributed by atoms with Gasteiger partial charge in [0, 0.05) is 10.1 Å². The fourth-order valence-corrected chi connectivity index (χ4v) is 2.45. The van der Waals surface area contributed by atoms with E-state index in [1.807, 2.05) is 35.9 Å². The highest BCUT2D eigenvalue weighted by Gasteiger charge is 2.12. The van der Waals surface area contributed by atoms with Gasteiger partial charge in [-0.05, 0) is 76.6 Å². The van der Waals surface area contributed by atoms with E-state index in [1.165, 1.54) is 3.57 Å². The lowest BCUT2D eigenvalue weighted by molar-refractivity contribution is 0.291. The van der Waals surface area contributed by atoms with Gasteiger partial charge in [0.1, 0.15) is 12.4 Å². The Kier molecular flexibility index (Phi) is 4.66. The van der Waals surface area contributed by atoms with E-state index in [1.54, 1.807) is 0 Å². The van der Waals surface area contributed by atoms with Gasteiger partial charge in [-0.25, -0.2) is 0 Å². The highest BCUT2D eigenvalue weighted by Crippen LogP contribution is 2.23. The zero-order chi connectivity index (χ0) is 13.1. The van der Waals surface area contributed by atoms with Crippen LogP contribution >= 0.6 is 38.5 Å². The van der Waals surface area contributed by atoms with Crippen LogP contribution in [0.1, 0.15) is 18.3 Å². The Morgan fingerprint density at radius 2 is 2.00 bits per heavy atom. The molecule has 0 aliphatic heterocycles. The molecule has 0 fully saturated rings. The fraction of sp³-hybridized carbons (Fsp3) is 0.308. The first-order valence-electron chi connectivity index (χ1n) is 5.72. The highest BCUT2D eigenvalue weighted by molar-refractivity contribution is 14.1. The number of rotatable bonds is 4. The van der Waals surface area contributed by atoms with Crippen molar-refractivity contribution in [2.45, 2.75) is 27.0 Å². The first-order valence-corrected chi connectivity index (χ1v) is 7.59. The standard InChI is InChI=1S/C13H14BrIN2O/c1-3-17-12(13(14)9(2)16-17)8-18-11-6-4-10(15)5-7-11/h4-7H,3,8H2,1-2H3. The molecule has 0 aliphatic carbocycles. The van der Waals surface area contributed by atoms with Gasteiger partial charge < -0.3 is 4.74 Å². The van der Waals surface area contributed by atoms with Gasteiger partial charge in [-0.1, -0.05) is 0 Å². The summed E-state index contributed by atoms with van der Waals surface area (Å²) >= 11 is 5.84. The van der Waals surface area contributed by atoms with E-state index in [2.05, 4.69) is 50.5 Å². The molecule has 2 aromatic rings. The molecule has 0 saturated carbocycles. The van der Waals surface area contributed by atoms with Crippen LogP contribution in [0.15, 0.2) is 28.7 Å². The molecule has 3 nitrogen and oxygen atoms in total. The number of aryl methyl sites for hydroxylation is 2. The maximum absolute atomic E-state index is 5.79. The van der Waals surface area contributed by atoms with Crippen LogP contribution < -0.4 is 4.74 Å². The summed E-state index contributed by atoms with van der Waals surface area (Å²) in [7, 11) is 0. The van der Waals surface area contributed by atoms with Crippen LogP contribution in [0, 0.1) is 10.5 Å². The van der Waals surface area contributed by atoms with Gasteiger partial charge in [-0.2, -0.15) is 5.10 Å². The molecule has 1 heterocycles. The predicted octanol–water partition coefficient (Wildman–Crippen LogP) is 4.16. The largest absolute Gasteiger partial charge is 0.487 e. The Morgan fingerprint density at radius 1 is 1.33 bits per heavy atom. The maximum atomic E-state index is 5.79. The fourth-order valence-electron chi connectivity index (χ4n) is 1.69. The zero-order valence-electron chi connectivity index (χ0n) is 10.3. The second-order valence-electron chi connectivity index (χ2n) is 3.90. The molecular formula is C13H14BrIN2O. The summed E-state index contributed by atoms with van der Waals surface area (Å²) in [4.78, 5) is 0. The molecule has 0 N–H and O–H groups in total. The first-order chi connectivity index (χ1) is 8.61. The third-order valence-electron chi connectivity index (χ3n) is 2.64. The van der Waals surface area contributed by atoms with E-state index in [9.17, 15) is 0 Å². The third-order valence-corrected chi connectivity index (χ3v) is 4.39. The second-order valence-corrected chi connectivity index (χ2v) is 5.94. The van der Waals surface area contributed by atoms with Crippen molar-refractivity contribution in [3.63, 3.8) is 0 Å². The van der Waals surface area contributed by atoms with E-state index in [-0.39, 0.29) is 0 Å². The molecule has 0 unspecified atom stereocenters. The van der Waals surface area contributed by atoms with E-state index >= 15 is 0 Å². The van der Waals surface area contributed by atoms with Crippen LogP contribution in [0.5, 0.6) is 5.75 Å². The summed E-state index contributed by atoms with van der Waals surface area (Å²) in [6.45, 7) is 5.44. The number of benzene rings is 1. The van der Waals surface area contributed by atoms with E-state index in [4.69, 9.17) is 4.74 Å². The van der Waals surface area contributed by atoms with E-state index < -0.39 is 0 Å². The van der Waals surface area contributed by atoms with Gasteiger partial charge in [0.2, 0.25) is 0 Å². The van der Waals surface area contributed by atoms with E-state index in [0.717, 1.165) is 28.2 Å². The van der Waals surface area contributed by atoms with Crippen molar-refractivity contribution >= 4 is 38.5 Å². The molecule has 0 bridgehead atoms. The molecule has 0 radical (unpaired) electrons. The van der Waals surface area contributed by atoms with Gasteiger partial charge in [0.15, 0.2) is 0 Å². The number of hydrogen-bond acceptors (Lipinski definition) is 2. The van der Waals surface area contributed by atoms with Crippen LogP contribution in [0.2, 0.25) is 0 Å². The van der Waals surface area contributed by atoms with Crippen molar-refractivity contribution in [2.75, 3.05) is 0 Å². The molecule has 18 heavy (non-hydrogen) atoms. The second kappa shape index (κ2) is 6.06. The number of hydrogen-bond donors (Lipinski definition) is 0. The van der Waals surface area contributed by atoms with Crippen LogP contribution in [0.3, 0.4) is 0 Å². The zero-order valence-corrected chi connectivity index (χ0v) is 14.0. The average molecular weight is 421 g/mol. The van der Waals surface area contributed by atoms with Crippen molar-refractivity contribution in [3.8, 4) is 5.75 Å². The monoisotopic (exact) mass is 420 g/mol. The van der Waals surface area contributed by atoms with Crippen molar-refractivity contribution in [1.29, 1.82) is 0 Å². The number of ether oxygens (including phenoxy) is 1. The SMILES string of the molecule is CCn1nc(C)c(Br)c1COc1ccc(I)cc1. The molecular weight excluding hydrogens is 407 g/mol. The smallest absolute Gasteiger partial charge is 0.131 e. The number of halogens is 2. The number of aromatic nitrogens is 2. The summed E-state index contributed by atoms with van der Waals surface area (Å²) < 4.78 is 10.00. The molecule has 2 rings (SSSR count). The third kappa shape index (κ3) is 3.06. The van der Waals surface area contributed by atoms with Crippen LogP contribution in [-0.2, 0) is 13.2 Å². The Morgan fingerprint density at radius 3 is 2.61 bits per heavy atom. The average Bonchev–Trinajstić information content (AvgIpc) is 2.65. The Hall–Kier alpha value is -0.560. The predicted molar refractivity (Wildman–Crippen MR) is 83.8 cm³/mol. The van der Waals surface area contributed by atoms with Crippen molar-refractivity contribution < 1.29 is 4.74 Å². The lowest BCUT2D eigenvalue weighted by atomic mass is 10.3. The lowest BCUT2D eigenvalue weighted by Gasteiger charge is -2.08. The minimum Gasteiger partial charge on any atom is -0.487 e. The summed E-state index contributed by atoms with van der Waals surface area (Å²) in [6.07, 6.45) is 0.